The normalized spacial score (nSPS) is 19.0. The minimum atomic E-state index is -4.62. The second-order valence-corrected chi connectivity index (χ2v) is 5.07. The Morgan fingerprint density at radius 3 is 2.95 bits per heavy atom. The molecule has 3 rings (SSSR count). The maximum Gasteiger partial charge on any atom is 0.453 e. The van der Waals surface area contributed by atoms with E-state index < -0.39 is 12.0 Å². The third-order valence-corrected chi connectivity index (χ3v) is 3.21. The summed E-state index contributed by atoms with van der Waals surface area (Å²) >= 11 is 0. The average Bonchev–Trinajstić information content (AvgIpc) is 3.06. The first-order valence-corrected chi connectivity index (χ1v) is 6.70. The molecule has 0 bridgehead atoms. The van der Waals surface area contributed by atoms with Crippen molar-refractivity contribution in [2.45, 2.75) is 19.5 Å². The molecule has 0 amide bonds. The van der Waals surface area contributed by atoms with Crippen LogP contribution >= 0.6 is 0 Å². The maximum absolute atomic E-state index is 12.7. The average molecular weight is 317 g/mol. The predicted octanol–water partition coefficient (Wildman–Crippen LogP) is 1.83. The fourth-order valence-electron chi connectivity index (χ4n) is 2.13. The highest BCUT2D eigenvalue weighted by Gasteiger charge is 2.36. The molecule has 0 aromatic carbocycles. The van der Waals surface area contributed by atoms with Gasteiger partial charge in [0.2, 0.25) is 0 Å². The van der Waals surface area contributed by atoms with Crippen LogP contribution in [0.3, 0.4) is 0 Å². The number of rotatable bonds is 4. The van der Waals surface area contributed by atoms with Crippen molar-refractivity contribution >= 4 is 11.6 Å². The van der Waals surface area contributed by atoms with Gasteiger partial charge in [-0.15, -0.1) is 5.10 Å². The largest absolute Gasteiger partial charge is 0.453 e. The Morgan fingerprint density at radius 2 is 2.27 bits per heavy atom. The summed E-state index contributed by atoms with van der Waals surface area (Å²) in [5, 5.41) is 3.43. The van der Waals surface area contributed by atoms with E-state index in [9.17, 15) is 13.2 Å². The topological polar surface area (TPSA) is 73.6 Å². The Kier molecular flexibility index (Phi) is 3.87. The second-order valence-electron chi connectivity index (χ2n) is 5.07. The van der Waals surface area contributed by atoms with Gasteiger partial charge in [0.15, 0.2) is 5.82 Å². The van der Waals surface area contributed by atoms with Gasteiger partial charge in [0.25, 0.3) is 11.6 Å². The van der Waals surface area contributed by atoms with Gasteiger partial charge in [0.05, 0.1) is 13.2 Å². The smallest absolute Gasteiger partial charge is 0.381 e. The van der Waals surface area contributed by atoms with Crippen LogP contribution in [-0.4, -0.2) is 39.4 Å². The number of nitrogens with one attached hydrogen (secondary N) is 1. The molecule has 22 heavy (non-hydrogen) atoms. The molecule has 10 heteroatoms. The number of fused-ring (bicyclic) bond motifs is 1. The number of ether oxygens (including phenoxy) is 1. The molecule has 2 aromatic rings. The van der Waals surface area contributed by atoms with Crippen molar-refractivity contribution in [2.24, 2.45) is 5.92 Å². The number of aryl methyl sites for hydroxylation is 1. The lowest BCUT2D eigenvalue weighted by Gasteiger charge is -2.11. The zero-order valence-electron chi connectivity index (χ0n) is 11.7. The minimum Gasteiger partial charge on any atom is -0.381 e. The van der Waals surface area contributed by atoms with Crippen LogP contribution in [0.4, 0.5) is 19.0 Å². The van der Waals surface area contributed by atoms with Crippen LogP contribution < -0.4 is 5.48 Å². The monoisotopic (exact) mass is 317 g/mol. The van der Waals surface area contributed by atoms with Crippen LogP contribution in [0.1, 0.15) is 17.9 Å². The van der Waals surface area contributed by atoms with Gasteiger partial charge in [-0.1, -0.05) is 0 Å². The van der Waals surface area contributed by atoms with Crippen molar-refractivity contribution in [3.05, 3.63) is 17.6 Å². The van der Waals surface area contributed by atoms with E-state index in [2.05, 4.69) is 20.5 Å². The number of nitrogens with zero attached hydrogens (tertiary/aromatic N) is 4. The first-order valence-electron chi connectivity index (χ1n) is 6.70. The van der Waals surface area contributed by atoms with E-state index in [0.29, 0.717) is 25.5 Å². The van der Waals surface area contributed by atoms with Crippen molar-refractivity contribution < 1.29 is 22.7 Å². The van der Waals surface area contributed by atoms with Gasteiger partial charge in [0.1, 0.15) is 0 Å². The van der Waals surface area contributed by atoms with Gasteiger partial charge in [0, 0.05) is 24.3 Å². The summed E-state index contributed by atoms with van der Waals surface area (Å²) in [4.78, 5) is 12.7. The Morgan fingerprint density at radius 1 is 1.45 bits per heavy atom. The van der Waals surface area contributed by atoms with Crippen molar-refractivity contribution in [1.82, 2.24) is 19.6 Å². The molecule has 1 atom stereocenters. The van der Waals surface area contributed by atoms with Gasteiger partial charge < -0.3 is 4.74 Å². The summed E-state index contributed by atoms with van der Waals surface area (Å²) in [6.45, 7) is 3.36. The highest BCUT2D eigenvalue weighted by molar-refractivity contribution is 5.44. The van der Waals surface area contributed by atoms with Crippen LogP contribution in [0.25, 0.3) is 5.78 Å². The highest BCUT2D eigenvalue weighted by atomic mass is 19.4. The van der Waals surface area contributed by atoms with Crippen molar-refractivity contribution in [2.75, 3.05) is 25.3 Å². The van der Waals surface area contributed by atoms with E-state index >= 15 is 0 Å². The minimum absolute atomic E-state index is 0.136. The number of hydrogen-bond donors (Lipinski definition) is 1. The Labute approximate surface area is 123 Å². The SMILES string of the molecule is Cc1cc(NOCC2CCOC2)n2nc(C(F)(F)F)nc2n1. The Bertz CT molecular complexity index is 667. The molecule has 1 fully saturated rings. The predicted molar refractivity (Wildman–Crippen MR) is 69.0 cm³/mol. The van der Waals surface area contributed by atoms with Crippen molar-refractivity contribution in [1.29, 1.82) is 0 Å². The van der Waals surface area contributed by atoms with Gasteiger partial charge in [-0.2, -0.15) is 22.7 Å². The highest BCUT2D eigenvalue weighted by Crippen LogP contribution is 2.27. The molecular weight excluding hydrogens is 303 g/mol. The van der Waals surface area contributed by atoms with E-state index in [0.717, 1.165) is 10.9 Å². The van der Waals surface area contributed by atoms with Gasteiger partial charge >= 0.3 is 6.18 Å². The van der Waals surface area contributed by atoms with E-state index in [-0.39, 0.29) is 17.5 Å². The molecule has 0 saturated carbocycles. The maximum atomic E-state index is 12.7. The quantitative estimate of drug-likeness (QED) is 0.867. The molecular formula is C12H14F3N5O2. The summed E-state index contributed by atoms with van der Waals surface area (Å²) in [5.41, 5.74) is 3.12. The van der Waals surface area contributed by atoms with E-state index in [4.69, 9.17) is 9.57 Å². The molecule has 0 radical (unpaired) electrons. The molecule has 7 nitrogen and oxygen atoms in total. The zero-order chi connectivity index (χ0) is 15.7. The molecule has 0 spiro atoms. The van der Waals surface area contributed by atoms with Crippen LogP contribution in [0.5, 0.6) is 0 Å². The Hall–Kier alpha value is -1.94. The lowest BCUT2D eigenvalue weighted by molar-refractivity contribution is -0.144. The summed E-state index contributed by atoms with van der Waals surface area (Å²) in [7, 11) is 0. The molecule has 0 aliphatic carbocycles. The van der Waals surface area contributed by atoms with Gasteiger partial charge in [-0.05, 0) is 13.3 Å². The number of halogens is 3. The molecule has 1 N–H and O–H groups in total. The summed E-state index contributed by atoms with van der Waals surface area (Å²) in [6, 6.07) is 1.53. The molecule has 1 aliphatic rings. The molecule has 120 valence electrons. The van der Waals surface area contributed by atoms with E-state index in [1.165, 1.54) is 6.07 Å². The first kappa shape index (κ1) is 15.0. The third-order valence-electron chi connectivity index (χ3n) is 3.21. The van der Waals surface area contributed by atoms with Crippen LogP contribution in [-0.2, 0) is 15.8 Å². The Balaban J connectivity index is 1.79. The molecule has 1 aliphatic heterocycles. The first-order chi connectivity index (χ1) is 10.4. The van der Waals surface area contributed by atoms with Crippen LogP contribution in [0.2, 0.25) is 0 Å². The standard InChI is InChI=1S/C12H14F3N5O2/c1-7-4-9(19-22-6-8-2-3-21-5-8)20-11(16-7)17-10(18-20)12(13,14)15/h4,8,19H,2-3,5-6H2,1H3. The fraction of sp³-hybridized carbons (Fsp3) is 0.583. The third kappa shape index (κ3) is 3.12. The lowest BCUT2D eigenvalue weighted by atomic mass is 10.1. The van der Waals surface area contributed by atoms with Crippen LogP contribution in [0.15, 0.2) is 6.07 Å². The molecule has 1 unspecified atom stereocenters. The number of anilines is 1. The van der Waals surface area contributed by atoms with Crippen molar-refractivity contribution in [3.63, 3.8) is 0 Å². The molecule has 1 saturated heterocycles. The zero-order valence-corrected chi connectivity index (χ0v) is 11.7. The number of aromatic nitrogens is 4. The van der Waals surface area contributed by atoms with Crippen LogP contribution in [0, 0.1) is 12.8 Å². The second kappa shape index (κ2) is 5.69. The summed E-state index contributed by atoms with van der Waals surface area (Å²) < 4.78 is 44.2. The lowest BCUT2D eigenvalue weighted by Crippen LogP contribution is -2.15. The summed E-state index contributed by atoms with van der Waals surface area (Å²) in [6.07, 6.45) is -3.73. The number of alkyl halides is 3. The molecule has 3 heterocycles. The van der Waals surface area contributed by atoms with Crippen molar-refractivity contribution in [3.8, 4) is 0 Å². The van der Waals surface area contributed by atoms with E-state index in [1.807, 2.05) is 0 Å². The summed E-state index contributed by atoms with van der Waals surface area (Å²) in [5.74, 6) is -0.864. The van der Waals surface area contributed by atoms with Gasteiger partial charge in [-0.3, -0.25) is 4.84 Å². The number of hydrogen-bond acceptors (Lipinski definition) is 6. The van der Waals surface area contributed by atoms with Gasteiger partial charge in [-0.25, -0.2) is 10.5 Å². The fourth-order valence-corrected chi connectivity index (χ4v) is 2.13. The van der Waals surface area contributed by atoms with E-state index in [1.54, 1.807) is 6.92 Å². The molecule has 2 aromatic heterocycles.